The lowest BCUT2D eigenvalue weighted by Gasteiger charge is -2.04. The van der Waals surface area contributed by atoms with E-state index in [0.717, 1.165) is 6.07 Å². The lowest BCUT2D eigenvalue weighted by Crippen LogP contribution is -2.00. The van der Waals surface area contributed by atoms with Gasteiger partial charge in [-0.25, -0.2) is 18.4 Å². The first-order valence-corrected chi connectivity index (χ1v) is 5.10. The maximum Gasteiger partial charge on any atom is 0.143 e. The number of benzene rings is 1. The molecule has 18 heavy (non-hydrogen) atoms. The average molecular weight is 249 g/mol. The standard InChI is InChI=1S/C12H9F2N3O/c13-9-3-4-10(11(14)6-9)12(18)2-1-5-17-8-15-7-16-17/h3-4,6-8,12,18H,5H2. The second-order valence-corrected chi connectivity index (χ2v) is 3.48. The van der Waals surface area contributed by atoms with Crippen molar-refractivity contribution < 1.29 is 13.9 Å². The molecule has 1 aromatic heterocycles. The fourth-order valence-corrected chi connectivity index (χ4v) is 1.34. The number of hydrogen-bond acceptors (Lipinski definition) is 3. The van der Waals surface area contributed by atoms with Gasteiger partial charge < -0.3 is 5.11 Å². The first kappa shape index (κ1) is 12.2. The molecule has 1 unspecified atom stereocenters. The van der Waals surface area contributed by atoms with Gasteiger partial charge in [0.05, 0.1) is 0 Å². The summed E-state index contributed by atoms with van der Waals surface area (Å²) in [5.74, 6) is 3.56. The highest BCUT2D eigenvalue weighted by molar-refractivity contribution is 5.26. The van der Waals surface area contributed by atoms with Crippen LogP contribution in [0, 0.1) is 23.5 Å². The van der Waals surface area contributed by atoms with E-state index in [1.807, 2.05) is 0 Å². The predicted octanol–water partition coefficient (Wildman–Crippen LogP) is 1.29. The maximum absolute atomic E-state index is 13.3. The molecule has 0 amide bonds. The predicted molar refractivity (Wildman–Crippen MR) is 59.1 cm³/mol. The van der Waals surface area contributed by atoms with Crippen molar-refractivity contribution in [2.24, 2.45) is 0 Å². The van der Waals surface area contributed by atoms with E-state index in [1.165, 1.54) is 23.4 Å². The summed E-state index contributed by atoms with van der Waals surface area (Å²) in [6.45, 7) is 0.236. The number of nitrogens with zero attached hydrogens (tertiary/aromatic N) is 3. The summed E-state index contributed by atoms with van der Waals surface area (Å²) in [6.07, 6.45) is 1.53. The molecule has 0 saturated carbocycles. The van der Waals surface area contributed by atoms with E-state index in [1.54, 1.807) is 0 Å². The molecular weight excluding hydrogens is 240 g/mol. The molecule has 0 spiro atoms. The van der Waals surface area contributed by atoms with Gasteiger partial charge in [0.2, 0.25) is 0 Å². The highest BCUT2D eigenvalue weighted by atomic mass is 19.1. The number of rotatable bonds is 2. The maximum atomic E-state index is 13.3. The Bertz CT molecular complexity index is 587. The lowest BCUT2D eigenvalue weighted by atomic mass is 10.1. The van der Waals surface area contributed by atoms with Crippen molar-refractivity contribution in [3.63, 3.8) is 0 Å². The number of halogens is 2. The van der Waals surface area contributed by atoms with Gasteiger partial charge in [-0.2, -0.15) is 5.10 Å². The van der Waals surface area contributed by atoms with Crippen molar-refractivity contribution in [2.75, 3.05) is 0 Å². The van der Waals surface area contributed by atoms with E-state index in [0.29, 0.717) is 6.07 Å². The van der Waals surface area contributed by atoms with E-state index in [-0.39, 0.29) is 12.1 Å². The van der Waals surface area contributed by atoms with Crippen LogP contribution >= 0.6 is 0 Å². The van der Waals surface area contributed by atoms with E-state index in [9.17, 15) is 13.9 Å². The fourth-order valence-electron chi connectivity index (χ4n) is 1.34. The molecular formula is C12H9F2N3O. The molecule has 92 valence electrons. The molecule has 0 aliphatic carbocycles. The van der Waals surface area contributed by atoms with Crippen LogP contribution in [0.1, 0.15) is 11.7 Å². The minimum absolute atomic E-state index is 0.0532. The second kappa shape index (κ2) is 5.38. The number of aliphatic hydroxyl groups excluding tert-OH is 1. The highest BCUT2D eigenvalue weighted by Crippen LogP contribution is 2.17. The Balaban J connectivity index is 2.07. The zero-order chi connectivity index (χ0) is 13.0. The Morgan fingerprint density at radius 1 is 1.39 bits per heavy atom. The normalized spacial score (nSPS) is 11.7. The third-order valence-electron chi connectivity index (χ3n) is 2.20. The summed E-state index contributed by atoms with van der Waals surface area (Å²) >= 11 is 0. The first-order valence-electron chi connectivity index (χ1n) is 5.10. The van der Waals surface area contributed by atoms with Crippen LogP contribution in [0.3, 0.4) is 0 Å². The van der Waals surface area contributed by atoms with Crippen molar-refractivity contribution in [2.45, 2.75) is 12.6 Å². The van der Waals surface area contributed by atoms with E-state index >= 15 is 0 Å². The summed E-state index contributed by atoms with van der Waals surface area (Å²) < 4.78 is 27.4. The Morgan fingerprint density at radius 2 is 2.22 bits per heavy atom. The monoisotopic (exact) mass is 249 g/mol. The molecule has 0 aliphatic rings. The minimum atomic E-state index is -1.30. The Labute approximate surface area is 102 Å². The Morgan fingerprint density at radius 3 is 2.89 bits per heavy atom. The van der Waals surface area contributed by atoms with Gasteiger partial charge in [0, 0.05) is 11.6 Å². The molecule has 1 atom stereocenters. The van der Waals surface area contributed by atoms with Gasteiger partial charge in [0.25, 0.3) is 0 Å². The lowest BCUT2D eigenvalue weighted by molar-refractivity contribution is 0.232. The molecule has 1 N–H and O–H groups in total. The van der Waals surface area contributed by atoms with Crippen LogP contribution in [-0.2, 0) is 6.54 Å². The van der Waals surface area contributed by atoms with Crippen molar-refractivity contribution in [1.82, 2.24) is 14.8 Å². The van der Waals surface area contributed by atoms with E-state index in [4.69, 9.17) is 0 Å². The van der Waals surface area contributed by atoms with Gasteiger partial charge in [-0.1, -0.05) is 11.8 Å². The zero-order valence-electron chi connectivity index (χ0n) is 9.22. The van der Waals surface area contributed by atoms with Gasteiger partial charge in [0.1, 0.15) is 36.9 Å². The minimum Gasteiger partial charge on any atom is -0.376 e. The summed E-state index contributed by atoms with van der Waals surface area (Å²) in [5.41, 5.74) is -0.0532. The van der Waals surface area contributed by atoms with Gasteiger partial charge in [0.15, 0.2) is 0 Å². The molecule has 1 aromatic carbocycles. The van der Waals surface area contributed by atoms with Gasteiger partial charge in [-0.3, -0.25) is 0 Å². The Hall–Kier alpha value is -2.26. The average Bonchev–Trinajstić information content (AvgIpc) is 2.81. The zero-order valence-corrected chi connectivity index (χ0v) is 9.22. The van der Waals surface area contributed by atoms with Gasteiger partial charge in [-0.05, 0) is 12.1 Å². The molecule has 6 heteroatoms. The van der Waals surface area contributed by atoms with Crippen LogP contribution in [0.5, 0.6) is 0 Å². The number of hydrogen-bond donors (Lipinski definition) is 1. The third kappa shape index (κ3) is 2.90. The third-order valence-corrected chi connectivity index (χ3v) is 2.20. The first-order chi connectivity index (χ1) is 8.66. The van der Waals surface area contributed by atoms with E-state index < -0.39 is 17.7 Å². The number of aliphatic hydroxyl groups is 1. The molecule has 4 nitrogen and oxygen atoms in total. The molecule has 1 heterocycles. The second-order valence-electron chi connectivity index (χ2n) is 3.48. The molecule has 2 aromatic rings. The van der Waals surface area contributed by atoms with Crippen LogP contribution in [0.2, 0.25) is 0 Å². The summed E-state index contributed by atoms with van der Waals surface area (Å²) in [4.78, 5) is 3.72. The summed E-state index contributed by atoms with van der Waals surface area (Å²) in [7, 11) is 0. The topological polar surface area (TPSA) is 50.9 Å². The fraction of sp³-hybridized carbons (Fsp3) is 0.167. The smallest absolute Gasteiger partial charge is 0.143 e. The van der Waals surface area contributed by atoms with E-state index in [2.05, 4.69) is 21.9 Å². The quantitative estimate of drug-likeness (QED) is 0.816. The van der Waals surface area contributed by atoms with Crippen molar-refractivity contribution in [3.05, 3.63) is 48.1 Å². The molecule has 0 fully saturated rings. The largest absolute Gasteiger partial charge is 0.376 e. The SMILES string of the molecule is OC(C#CCn1cncn1)c1ccc(F)cc1F. The van der Waals surface area contributed by atoms with Crippen LogP contribution in [0.25, 0.3) is 0 Å². The summed E-state index contributed by atoms with van der Waals surface area (Å²) in [6, 6.07) is 2.94. The highest BCUT2D eigenvalue weighted by Gasteiger charge is 2.10. The molecule has 0 aliphatic heterocycles. The van der Waals surface area contributed by atoms with Crippen molar-refractivity contribution in [3.8, 4) is 11.8 Å². The van der Waals surface area contributed by atoms with Crippen molar-refractivity contribution >= 4 is 0 Å². The molecule has 2 rings (SSSR count). The van der Waals surface area contributed by atoms with Crippen LogP contribution < -0.4 is 0 Å². The molecule has 0 bridgehead atoms. The summed E-state index contributed by atoms with van der Waals surface area (Å²) in [5, 5.41) is 13.5. The van der Waals surface area contributed by atoms with Crippen LogP contribution in [-0.4, -0.2) is 19.9 Å². The molecule has 0 saturated heterocycles. The van der Waals surface area contributed by atoms with Crippen LogP contribution in [0.15, 0.2) is 30.9 Å². The van der Waals surface area contributed by atoms with Gasteiger partial charge >= 0.3 is 0 Å². The molecule has 0 radical (unpaired) electrons. The Kier molecular flexibility index (Phi) is 3.65. The number of aromatic nitrogens is 3. The van der Waals surface area contributed by atoms with Gasteiger partial charge in [-0.15, -0.1) is 0 Å². The van der Waals surface area contributed by atoms with Crippen molar-refractivity contribution in [1.29, 1.82) is 0 Å². The van der Waals surface area contributed by atoms with Crippen LogP contribution in [0.4, 0.5) is 8.78 Å².